The van der Waals surface area contributed by atoms with Crippen molar-refractivity contribution >= 4 is 43.9 Å². The van der Waals surface area contributed by atoms with Gasteiger partial charge >= 0.3 is 0 Å². The molecular weight excluding hydrogens is 386 g/mol. The van der Waals surface area contributed by atoms with E-state index < -0.39 is 10.0 Å². The fraction of sp³-hybridized carbons (Fsp3) is 0.412. The van der Waals surface area contributed by atoms with Crippen LogP contribution in [0.2, 0.25) is 0 Å². The molecule has 2 aromatic rings. The first-order valence-electron chi connectivity index (χ1n) is 8.68. The van der Waals surface area contributed by atoms with Crippen molar-refractivity contribution in [2.45, 2.75) is 30.4 Å². The number of thiazole rings is 1. The van der Waals surface area contributed by atoms with Crippen molar-refractivity contribution in [2.24, 2.45) is 10.9 Å². The quantitative estimate of drug-likeness (QED) is 0.840. The number of carbonyl (C=O) groups is 1. The molecule has 27 heavy (non-hydrogen) atoms. The number of nitrogens with zero attached hydrogens (tertiary/aromatic N) is 4. The fourth-order valence-electron chi connectivity index (χ4n) is 3.42. The number of piperidine rings is 1. The Labute approximate surface area is 161 Å². The van der Waals surface area contributed by atoms with Crippen LogP contribution in [0.15, 0.2) is 33.7 Å². The van der Waals surface area contributed by atoms with Crippen LogP contribution in [-0.2, 0) is 21.2 Å². The number of hydrogen-bond acceptors (Lipinski definition) is 7. The number of amides is 1. The van der Waals surface area contributed by atoms with E-state index in [1.54, 1.807) is 6.20 Å². The van der Waals surface area contributed by atoms with E-state index in [1.165, 1.54) is 17.4 Å². The lowest BCUT2D eigenvalue weighted by molar-refractivity contribution is -0.114. The Kier molecular flexibility index (Phi) is 4.79. The molecule has 1 N–H and O–H groups in total. The lowest BCUT2D eigenvalue weighted by Crippen LogP contribution is -2.42. The van der Waals surface area contributed by atoms with E-state index in [9.17, 15) is 13.2 Å². The van der Waals surface area contributed by atoms with Gasteiger partial charge in [0.2, 0.25) is 5.91 Å². The number of sulfonamides is 1. The number of rotatable bonds is 4. The highest BCUT2D eigenvalue weighted by molar-refractivity contribution is 7.91. The van der Waals surface area contributed by atoms with Crippen LogP contribution in [-0.4, -0.2) is 47.4 Å². The molecule has 2 aliphatic rings. The third-order valence-electron chi connectivity index (χ3n) is 4.71. The zero-order valence-corrected chi connectivity index (χ0v) is 16.4. The van der Waals surface area contributed by atoms with Gasteiger partial charge in [-0.05, 0) is 18.9 Å². The smallest absolute Gasteiger partial charge is 0.254 e. The van der Waals surface area contributed by atoms with Gasteiger partial charge in [-0.25, -0.2) is 23.4 Å². The van der Waals surface area contributed by atoms with Crippen molar-refractivity contribution in [1.29, 1.82) is 0 Å². The summed E-state index contributed by atoms with van der Waals surface area (Å²) in [6.45, 7) is 2.24. The molecule has 0 aliphatic carbocycles. The Hall–Kier alpha value is -2.17. The minimum absolute atomic E-state index is 0.0884. The predicted octanol–water partition coefficient (Wildman–Crippen LogP) is 2.23. The number of fused-ring (bicyclic) bond motifs is 1. The summed E-state index contributed by atoms with van der Waals surface area (Å²) in [5.74, 6) is 0.555. The molecule has 0 radical (unpaired) electrons. The van der Waals surface area contributed by atoms with Gasteiger partial charge in [0.05, 0.1) is 6.20 Å². The van der Waals surface area contributed by atoms with Gasteiger partial charge in [0, 0.05) is 49.8 Å². The summed E-state index contributed by atoms with van der Waals surface area (Å²) >= 11 is 0.972. The lowest BCUT2D eigenvalue weighted by Gasteiger charge is -2.31. The molecule has 1 unspecified atom stereocenters. The number of carbonyl (C=O) groups excluding carboxylic acids is 1. The number of aromatic nitrogens is 2. The first kappa shape index (κ1) is 18.2. The first-order chi connectivity index (χ1) is 12.9. The summed E-state index contributed by atoms with van der Waals surface area (Å²) in [5.41, 5.74) is 2.10. The molecule has 142 valence electrons. The lowest BCUT2D eigenvalue weighted by atomic mass is 9.92. The van der Waals surface area contributed by atoms with E-state index in [0.717, 1.165) is 47.7 Å². The van der Waals surface area contributed by atoms with Crippen molar-refractivity contribution in [3.63, 3.8) is 0 Å². The maximum absolute atomic E-state index is 13.0. The minimum Gasteiger partial charge on any atom is -0.302 e. The molecule has 2 aliphatic heterocycles. The van der Waals surface area contributed by atoms with E-state index >= 15 is 0 Å². The highest BCUT2D eigenvalue weighted by atomic mass is 32.2. The third kappa shape index (κ3) is 3.64. The molecule has 1 saturated heterocycles. The average Bonchev–Trinajstić information content (AvgIpc) is 3.28. The molecule has 1 amide bonds. The number of nitrogens with one attached hydrogen (secondary N) is 1. The number of hydrogen-bond donors (Lipinski definition) is 1. The summed E-state index contributed by atoms with van der Waals surface area (Å²) in [7, 11) is -3.64. The van der Waals surface area contributed by atoms with Gasteiger partial charge in [-0.2, -0.15) is 4.31 Å². The highest BCUT2D eigenvalue weighted by Crippen LogP contribution is 2.33. The summed E-state index contributed by atoms with van der Waals surface area (Å²) in [5, 5.41) is 2.81. The fourth-order valence-corrected chi connectivity index (χ4v) is 6.18. The SMILES string of the molecule is CC(=O)Nc1ncc(S(=O)(=O)N2CCCC(C3=Nc4ncccc4C3)C2)s1. The summed E-state index contributed by atoms with van der Waals surface area (Å²) in [4.78, 5) is 24.0. The number of pyridine rings is 1. The van der Waals surface area contributed by atoms with Crippen LogP contribution in [0.5, 0.6) is 0 Å². The van der Waals surface area contributed by atoms with E-state index in [-0.39, 0.29) is 21.2 Å². The van der Waals surface area contributed by atoms with Crippen LogP contribution >= 0.6 is 11.3 Å². The molecule has 4 heterocycles. The van der Waals surface area contributed by atoms with Crippen molar-refractivity contribution in [3.8, 4) is 0 Å². The zero-order chi connectivity index (χ0) is 19.0. The van der Waals surface area contributed by atoms with Crippen molar-refractivity contribution in [1.82, 2.24) is 14.3 Å². The van der Waals surface area contributed by atoms with Crippen molar-refractivity contribution in [3.05, 3.63) is 30.1 Å². The van der Waals surface area contributed by atoms with E-state index in [2.05, 4.69) is 20.3 Å². The molecule has 4 rings (SSSR count). The Morgan fingerprint density at radius 2 is 2.22 bits per heavy atom. The number of anilines is 1. The highest BCUT2D eigenvalue weighted by Gasteiger charge is 2.34. The normalized spacial score (nSPS) is 20.2. The van der Waals surface area contributed by atoms with Gasteiger partial charge in [0.15, 0.2) is 15.2 Å². The predicted molar refractivity (Wildman–Crippen MR) is 103 cm³/mol. The Morgan fingerprint density at radius 3 is 3.00 bits per heavy atom. The molecule has 0 spiro atoms. The zero-order valence-electron chi connectivity index (χ0n) is 14.8. The first-order valence-corrected chi connectivity index (χ1v) is 10.9. The van der Waals surface area contributed by atoms with Crippen molar-refractivity contribution in [2.75, 3.05) is 18.4 Å². The molecule has 8 nitrogen and oxygen atoms in total. The maximum Gasteiger partial charge on any atom is 0.254 e. The van der Waals surface area contributed by atoms with Crippen molar-refractivity contribution < 1.29 is 13.2 Å². The van der Waals surface area contributed by atoms with E-state index in [1.807, 2.05) is 12.1 Å². The van der Waals surface area contributed by atoms with Gasteiger partial charge in [0.1, 0.15) is 0 Å². The largest absolute Gasteiger partial charge is 0.302 e. The Morgan fingerprint density at radius 1 is 1.37 bits per heavy atom. The summed E-state index contributed by atoms with van der Waals surface area (Å²) in [6.07, 6.45) is 5.46. The molecule has 10 heteroatoms. The van der Waals surface area contributed by atoms with E-state index in [0.29, 0.717) is 13.1 Å². The van der Waals surface area contributed by atoms with Crippen LogP contribution in [0.3, 0.4) is 0 Å². The standard InChI is InChI=1S/C17H19N5O3S2/c1-11(23)20-17-19-9-15(26-17)27(24,25)22-7-3-5-13(10-22)14-8-12-4-2-6-18-16(12)21-14/h2,4,6,9,13H,3,5,7-8,10H2,1H3,(H,19,20,23). The molecule has 1 fully saturated rings. The van der Waals surface area contributed by atoms with Gasteiger partial charge in [0.25, 0.3) is 10.0 Å². The Bertz CT molecular complexity index is 1020. The third-order valence-corrected chi connectivity index (χ3v) is 7.92. The van der Waals surface area contributed by atoms with Gasteiger partial charge < -0.3 is 5.32 Å². The second-order valence-corrected chi connectivity index (χ2v) is 9.83. The monoisotopic (exact) mass is 405 g/mol. The molecule has 0 bridgehead atoms. The average molecular weight is 406 g/mol. The molecular formula is C17H19N5O3S2. The van der Waals surface area contributed by atoms with Gasteiger partial charge in [-0.15, -0.1) is 0 Å². The second kappa shape index (κ2) is 7.10. The summed E-state index contributed by atoms with van der Waals surface area (Å²) < 4.78 is 27.6. The molecule has 1 atom stereocenters. The van der Waals surface area contributed by atoms with Gasteiger partial charge in [-0.3, -0.25) is 4.79 Å². The van der Waals surface area contributed by atoms with Crippen LogP contribution in [0.25, 0.3) is 0 Å². The maximum atomic E-state index is 13.0. The molecule has 2 aromatic heterocycles. The van der Waals surface area contributed by atoms with E-state index in [4.69, 9.17) is 0 Å². The van der Waals surface area contributed by atoms with Crippen LogP contribution in [0.1, 0.15) is 25.3 Å². The minimum atomic E-state index is -3.64. The molecule has 0 aromatic carbocycles. The summed E-state index contributed by atoms with van der Waals surface area (Å²) in [6, 6.07) is 3.91. The van der Waals surface area contributed by atoms with Crippen LogP contribution < -0.4 is 5.32 Å². The van der Waals surface area contributed by atoms with Crippen LogP contribution in [0, 0.1) is 5.92 Å². The van der Waals surface area contributed by atoms with Crippen LogP contribution in [0.4, 0.5) is 10.9 Å². The Balaban J connectivity index is 1.51. The van der Waals surface area contributed by atoms with Gasteiger partial charge in [-0.1, -0.05) is 17.4 Å². The molecule has 0 saturated carbocycles. The second-order valence-electron chi connectivity index (χ2n) is 6.63. The topological polar surface area (TPSA) is 105 Å². The number of aliphatic imine (C=N–C) groups is 1.